The van der Waals surface area contributed by atoms with Crippen LogP contribution in [0.3, 0.4) is 0 Å². The molecule has 4 N–H and O–H groups in total. The van der Waals surface area contributed by atoms with Crippen molar-refractivity contribution < 1.29 is 24.2 Å². The summed E-state index contributed by atoms with van der Waals surface area (Å²) in [5.41, 5.74) is 5.94. The molecule has 3 rings (SSSR count). The normalized spacial score (nSPS) is 29.8. The van der Waals surface area contributed by atoms with Gasteiger partial charge >= 0.3 is 5.97 Å². The number of nitrogens with two attached hydrogens (primary N) is 1. The van der Waals surface area contributed by atoms with Gasteiger partial charge in [-0.05, 0) is 32.6 Å². The minimum Gasteiger partial charge on any atom is -0.481 e. The van der Waals surface area contributed by atoms with Gasteiger partial charge in [-0.15, -0.1) is 0 Å². The predicted octanol–water partition coefficient (Wildman–Crippen LogP) is 0.269. The summed E-state index contributed by atoms with van der Waals surface area (Å²) >= 11 is 0. The van der Waals surface area contributed by atoms with Gasteiger partial charge in [0, 0.05) is 12.0 Å². The molecule has 2 heterocycles. The van der Waals surface area contributed by atoms with Gasteiger partial charge in [0.2, 0.25) is 5.91 Å². The highest BCUT2D eigenvalue weighted by Crippen LogP contribution is 2.43. The van der Waals surface area contributed by atoms with E-state index in [-0.39, 0.29) is 24.3 Å². The molecule has 0 unspecified atom stereocenters. The van der Waals surface area contributed by atoms with Crippen molar-refractivity contribution in [2.45, 2.75) is 57.3 Å². The molecule has 2 atom stereocenters. The highest BCUT2D eigenvalue weighted by molar-refractivity contribution is 5.82. The Morgan fingerprint density at radius 2 is 2.14 bits per heavy atom. The molecule has 0 aromatic heterocycles. The maximum Gasteiger partial charge on any atom is 0.305 e. The van der Waals surface area contributed by atoms with Crippen LogP contribution in [-0.2, 0) is 19.1 Å². The monoisotopic (exact) mass is 314 g/mol. The van der Waals surface area contributed by atoms with Crippen molar-refractivity contribution in [1.82, 2.24) is 5.32 Å². The minimum absolute atomic E-state index is 0.0719. The Morgan fingerprint density at radius 3 is 2.68 bits per heavy atom. The lowest BCUT2D eigenvalue weighted by atomic mass is 9.72. The van der Waals surface area contributed by atoms with Crippen molar-refractivity contribution in [2.24, 2.45) is 11.1 Å². The van der Waals surface area contributed by atoms with Gasteiger partial charge in [-0.2, -0.15) is 0 Å². The molecule has 2 bridgehead atoms. The van der Waals surface area contributed by atoms with Gasteiger partial charge in [-0.3, -0.25) is 9.59 Å². The van der Waals surface area contributed by atoms with Gasteiger partial charge in [0.05, 0.1) is 31.8 Å². The fourth-order valence-corrected chi connectivity index (χ4v) is 3.03. The van der Waals surface area contributed by atoms with E-state index in [9.17, 15) is 9.59 Å². The molecular formula is C15H26N2O5. The van der Waals surface area contributed by atoms with Crippen LogP contribution >= 0.6 is 0 Å². The van der Waals surface area contributed by atoms with E-state index in [0.717, 1.165) is 32.3 Å². The summed E-state index contributed by atoms with van der Waals surface area (Å²) in [7, 11) is 0. The Balaban J connectivity index is 1.72. The molecule has 2 aliphatic heterocycles. The third-order valence-electron chi connectivity index (χ3n) is 4.72. The predicted molar refractivity (Wildman–Crippen MR) is 79.3 cm³/mol. The van der Waals surface area contributed by atoms with E-state index < -0.39 is 18.1 Å². The number of ether oxygens (including phenoxy) is 2. The molecule has 22 heavy (non-hydrogen) atoms. The standard InChI is InChI=1S/C15H26N2O5/c1-10(13(16)14(20)17-7-4-12(18)19)21-8-15-5-2-11(3-6-15)22-9-15/h10-11,13H,2-9,16H2,1H3,(H,17,20)(H,18,19)/t10-,11?,13+,15?/m1/s1. The summed E-state index contributed by atoms with van der Waals surface area (Å²) in [6.07, 6.45) is 4.25. The minimum atomic E-state index is -0.954. The molecule has 3 fully saturated rings. The van der Waals surface area contributed by atoms with Crippen LogP contribution in [0.5, 0.6) is 0 Å². The Hall–Kier alpha value is -1.18. The zero-order valence-electron chi connectivity index (χ0n) is 13.0. The van der Waals surface area contributed by atoms with E-state index in [2.05, 4.69) is 5.32 Å². The van der Waals surface area contributed by atoms with Crippen molar-refractivity contribution in [3.63, 3.8) is 0 Å². The van der Waals surface area contributed by atoms with Gasteiger partial charge in [0.1, 0.15) is 6.04 Å². The topological polar surface area (TPSA) is 111 Å². The molecular weight excluding hydrogens is 288 g/mol. The van der Waals surface area contributed by atoms with E-state index in [1.807, 2.05) is 0 Å². The number of amides is 1. The smallest absolute Gasteiger partial charge is 0.305 e. The molecule has 7 heteroatoms. The third-order valence-corrected chi connectivity index (χ3v) is 4.72. The Bertz CT molecular complexity index is 393. The van der Waals surface area contributed by atoms with Crippen LogP contribution in [0.1, 0.15) is 39.0 Å². The fourth-order valence-electron chi connectivity index (χ4n) is 3.03. The maximum absolute atomic E-state index is 11.8. The first-order valence-electron chi connectivity index (χ1n) is 7.90. The number of rotatable bonds is 8. The lowest BCUT2D eigenvalue weighted by Gasteiger charge is -2.46. The van der Waals surface area contributed by atoms with Crippen LogP contribution in [-0.4, -0.2) is 55.0 Å². The molecule has 0 spiro atoms. The van der Waals surface area contributed by atoms with Crippen molar-refractivity contribution >= 4 is 11.9 Å². The van der Waals surface area contributed by atoms with Gasteiger partial charge < -0.3 is 25.6 Å². The van der Waals surface area contributed by atoms with Crippen LogP contribution in [0.25, 0.3) is 0 Å². The summed E-state index contributed by atoms with van der Waals surface area (Å²) in [4.78, 5) is 22.3. The second-order valence-corrected chi connectivity index (χ2v) is 6.49. The summed E-state index contributed by atoms with van der Waals surface area (Å²) < 4.78 is 11.6. The van der Waals surface area contributed by atoms with Crippen LogP contribution in [0.2, 0.25) is 0 Å². The van der Waals surface area contributed by atoms with Crippen LogP contribution in [0, 0.1) is 5.41 Å². The average Bonchev–Trinajstić information content (AvgIpc) is 2.53. The molecule has 126 valence electrons. The maximum atomic E-state index is 11.8. The lowest BCUT2D eigenvalue weighted by Crippen LogP contribution is -2.51. The van der Waals surface area contributed by atoms with E-state index in [1.165, 1.54) is 0 Å². The quantitative estimate of drug-likeness (QED) is 0.593. The van der Waals surface area contributed by atoms with Crippen molar-refractivity contribution in [2.75, 3.05) is 19.8 Å². The van der Waals surface area contributed by atoms with E-state index >= 15 is 0 Å². The summed E-state index contributed by atoms with van der Waals surface area (Å²) in [6, 6.07) is -0.800. The largest absolute Gasteiger partial charge is 0.481 e. The van der Waals surface area contributed by atoms with E-state index in [1.54, 1.807) is 6.92 Å². The second kappa shape index (κ2) is 7.39. The number of hydrogen-bond acceptors (Lipinski definition) is 5. The van der Waals surface area contributed by atoms with Gasteiger partial charge in [0.15, 0.2) is 0 Å². The Labute approximate surface area is 130 Å². The molecule has 7 nitrogen and oxygen atoms in total. The second-order valence-electron chi connectivity index (χ2n) is 6.49. The van der Waals surface area contributed by atoms with Crippen molar-refractivity contribution in [3.8, 4) is 0 Å². The summed E-state index contributed by atoms with van der Waals surface area (Å²) in [6.45, 7) is 3.13. The highest BCUT2D eigenvalue weighted by Gasteiger charge is 2.42. The number of carbonyl (C=O) groups excluding carboxylic acids is 1. The number of carboxylic acid groups (broad SMARTS) is 1. The third kappa shape index (κ3) is 4.41. The van der Waals surface area contributed by atoms with Gasteiger partial charge in [-0.1, -0.05) is 0 Å². The molecule has 0 aromatic carbocycles. The molecule has 2 saturated heterocycles. The molecule has 1 saturated carbocycles. The fraction of sp³-hybridized carbons (Fsp3) is 0.867. The number of hydrogen-bond donors (Lipinski definition) is 3. The first kappa shape index (κ1) is 17.2. The lowest BCUT2D eigenvalue weighted by molar-refractivity contribution is -0.152. The number of carbonyl (C=O) groups is 2. The summed E-state index contributed by atoms with van der Waals surface area (Å²) in [5.74, 6) is -1.33. The molecule has 1 amide bonds. The van der Waals surface area contributed by atoms with Crippen molar-refractivity contribution in [3.05, 3.63) is 0 Å². The first-order chi connectivity index (χ1) is 10.4. The van der Waals surface area contributed by atoms with Crippen LogP contribution in [0.4, 0.5) is 0 Å². The first-order valence-corrected chi connectivity index (χ1v) is 7.90. The molecule has 3 aliphatic rings. The van der Waals surface area contributed by atoms with Gasteiger partial charge in [-0.25, -0.2) is 0 Å². The number of nitrogens with one attached hydrogen (secondary N) is 1. The van der Waals surface area contributed by atoms with Crippen LogP contribution in [0.15, 0.2) is 0 Å². The molecule has 0 radical (unpaired) electrons. The summed E-state index contributed by atoms with van der Waals surface area (Å²) in [5, 5.41) is 11.1. The SMILES string of the molecule is C[C@@H](OCC12CCC(CC1)OC2)[C@H](N)C(=O)NCCC(=O)O. The molecule has 1 aliphatic carbocycles. The van der Waals surface area contributed by atoms with Crippen LogP contribution < -0.4 is 11.1 Å². The van der Waals surface area contributed by atoms with E-state index in [0.29, 0.717) is 12.7 Å². The Morgan fingerprint density at radius 1 is 1.45 bits per heavy atom. The Kier molecular flexibility index (Phi) is 5.77. The van der Waals surface area contributed by atoms with E-state index in [4.69, 9.17) is 20.3 Å². The molecule has 0 aromatic rings. The average molecular weight is 314 g/mol. The van der Waals surface area contributed by atoms with Gasteiger partial charge in [0.25, 0.3) is 0 Å². The number of aliphatic carboxylic acids is 1. The van der Waals surface area contributed by atoms with Crippen molar-refractivity contribution in [1.29, 1.82) is 0 Å². The number of fused-ring (bicyclic) bond motifs is 3. The zero-order valence-corrected chi connectivity index (χ0v) is 13.0. The zero-order chi connectivity index (χ0) is 16.2. The highest BCUT2D eigenvalue weighted by atomic mass is 16.5. The number of carboxylic acids is 1.